The van der Waals surface area contributed by atoms with Crippen LogP contribution >= 0.6 is 0 Å². The summed E-state index contributed by atoms with van der Waals surface area (Å²) >= 11 is 0. The summed E-state index contributed by atoms with van der Waals surface area (Å²) in [6, 6.07) is 2.02. The Morgan fingerprint density at radius 3 is 2.55 bits per heavy atom. The Hall–Kier alpha value is -1.34. The molecule has 0 atom stereocenters. The Labute approximate surface area is 132 Å². The fourth-order valence-corrected chi connectivity index (χ4v) is 3.14. The zero-order valence-electron chi connectivity index (χ0n) is 13.2. The zero-order chi connectivity index (χ0) is 16.2. The molecular weight excluding hydrogens is 304 g/mol. The van der Waals surface area contributed by atoms with Crippen molar-refractivity contribution in [3.63, 3.8) is 0 Å². The van der Waals surface area contributed by atoms with Crippen LogP contribution in [0.15, 0.2) is 23.0 Å². The fourth-order valence-electron chi connectivity index (χ4n) is 2.79. The first kappa shape index (κ1) is 17.0. The molecule has 0 saturated heterocycles. The largest absolute Gasteiger partial charge is 0.472 e. The second-order valence-corrected chi connectivity index (χ2v) is 8.05. The quantitative estimate of drug-likeness (QED) is 0.799. The van der Waals surface area contributed by atoms with Gasteiger partial charge in [0, 0.05) is 25.2 Å². The van der Waals surface area contributed by atoms with E-state index < -0.39 is 10.0 Å². The summed E-state index contributed by atoms with van der Waals surface area (Å²) in [5.74, 6) is -0.152. The van der Waals surface area contributed by atoms with Crippen molar-refractivity contribution in [3.8, 4) is 0 Å². The van der Waals surface area contributed by atoms with E-state index in [9.17, 15) is 13.2 Å². The van der Waals surface area contributed by atoms with E-state index in [1.54, 1.807) is 12.5 Å². The molecule has 1 heterocycles. The van der Waals surface area contributed by atoms with Gasteiger partial charge in [0.25, 0.3) is 0 Å². The maximum absolute atomic E-state index is 12.6. The Morgan fingerprint density at radius 1 is 1.32 bits per heavy atom. The van der Waals surface area contributed by atoms with Crippen LogP contribution in [0.4, 0.5) is 0 Å². The van der Waals surface area contributed by atoms with Gasteiger partial charge < -0.3 is 9.32 Å². The van der Waals surface area contributed by atoms with Crippen LogP contribution < -0.4 is 0 Å². The minimum Gasteiger partial charge on any atom is -0.472 e. The highest BCUT2D eigenvalue weighted by Gasteiger charge is 2.27. The van der Waals surface area contributed by atoms with Gasteiger partial charge in [0.1, 0.15) is 0 Å². The van der Waals surface area contributed by atoms with Crippen molar-refractivity contribution in [1.82, 2.24) is 9.21 Å². The molecule has 22 heavy (non-hydrogen) atoms. The average molecular weight is 328 g/mol. The number of likely N-dealkylation sites (N-methyl/N-ethyl adjacent to an activating group) is 1. The number of sulfonamides is 1. The summed E-state index contributed by atoms with van der Waals surface area (Å²) in [6.07, 6.45) is 9.71. The molecule has 1 aromatic heterocycles. The van der Waals surface area contributed by atoms with Crippen LogP contribution in [-0.2, 0) is 21.4 Å². The lowest BCUT2D eigenvalue weighted by molar-refractivity contribution is -0.135. The molecule has 2 rings (SSSR count). The molecule has 7 heteroatoms. The molecule has 0 bridgehead atoms. The van der Waals surface area contributed by atoms with Gasteiger partial charge in [0.15, 0.2) is 0 Å². The van der Waals surface area contributed by atoms with Gasteiger partial charge in [0.2, 0.25) is 15.9 Å². The normalized spacial score (nSPS) is 16.9. The molecule has 6 nitrogen and oxygen atoms in total. The topological polar surface area (TPSA) is 70.8 Å². The predicted octanol–water partition coefficient (Wildman–Crippen LogP) is 1.83. The van der Waals surface area contributed by atoms with Gasteiger partial charge in [-0.05, 0) is 18.9 Å². The molecule has 1 amide bonds. The minimum atomic E-state index is -3.36. The predicted molar refractivity (Wildman–Crippen MR) is 83.6 cm³/mol. The Bertz CT molecular complexity index is 577. The van der Waals surface area contributed by atoms with Crippen molar-refractivity contribution in [2.75, 3.05) is 19.8 Å². The van der Waals surface area contributed by atoms with Gasteiger partial charge in [0.05, 0.1) is 25.3 Å². The molecule has 0 radical (unpaired) electrons. The number of hydrogen-bond donors (Lipinski definition) is 0. The lowest BCUT2D eigenvalue weighted by Crippen LogP contribution is -2.46. The van der Waals surface area contributed by atoms with Crippen LogP contribution in [0.25, 0.3) is 0 Å². The number of nitrogens with zero attached hydrogens (tertiary/aromatic N) is 2. The lowest BCUT2D eigenvalue weighted by atomic mass is 9.94. The standard InChI is InChI=1S/C15H24N2O4S/c1-16(22(2,19)20)11-15(18)17(10-13-8-9-21-12-13)14-6-4-3-5-7-14/h8-9,12,14H,3-7,10-11H2,1-2H3. The Kier molecular flexibility index (Phi) is 5.63. The third-order valence-corrected chi connectivity index (χ3v) is 5.45. The molecule has 1 saturated carbocycles. The molecule has 1 aromatic rings. The SMILES string of the molecule is CN(CC(=O)N(Cc1ccoc1)C1CCCCC1)S(C)(=O)=O. The summed E-state index contributed by atoms with van der Waals surface area (Å²) in [5.41, 5.74) is 0.931. The monoisotopic (exact) mass is 328 g/mol. The van der Waals surface area contributed by atoms with Crippen molar-refractivity contribution in [2.45, 2.75) is 44.7 Å². The van der Waals surface area contributed by atoms with Crippen LogP contribution in [-0.4, -0.2) is 49.4 Å². The Balaban J connectivity index is 2.10. The van der Waals surface area contributed by atoms with Crippen LogP contribution in [0.3, 0.4) is 0 Å². The second-order valence-electron chi connectivity index (χ2n) is 5.96. The number of hydrogen-bond acceptors (Lipinski definition) is 4. The maximum atomic E-state index is 12.6. The van der Waals surface area contributed by atoms with Gasteiger partial charge in [-0.3, -0.25) is 4.79 Å². The van der Waals surface area contributed by atoms with Gasteiger partial charge >= 0.3 is 0 Å². The first-order valence-corrected chi connectivity index (χ1v) is 9.44. The molecule has 1 fully saturated rings. The molecule has 0 aliphatic heterocycles. The lowest BCUT2D eigenvalue weighted by Gasteiger charge is -2.35. The first-order chi connectivity index (χ1) is 10.4. The highest BCUT2D eigenvalue weighted by Crippen LogP contribution is 2.24. The summed E-state index contributed by atoms with van der Waals surface area (Å²) in [4.78, 5) is 14.4. The second kappa shape index (κ2) is 7.28. The number of carbonyl (C=O) groups excluding carboxylic acids is 1. The van der Waals surface area contributed by atoms with Crippen molar-refractivity contribution in [2.24, 2.45) is 0 Å². The van der Waals surface area contributed by atoms with E-state index in [1.165, 1.54) is 13.5 Å². The molecular formula is C15H24N2O4S. The molecule has 124 valence electrons. The van der Waals surface area contributed by atoms with Gasteiger partial charge in [-0.1, -0.05) is 19.3 Å². The number of rotatable bonds is 6. The summed E-state index contributed by atoms with van der Waals surface area (Å²) < 4.78 is 29.2. The maximum Gasteiger partial charge on any atom is 0.238 e. The fraction of sp³-hybridized carbons (Fsp3) is 0.667. The van der Waals surface area contributed by atoms with Gasteiger partial charge in [-0.25, -0.2) is 8.42 Å². The molecule has 0 N–H and O–H groups in total. The highest BCUT2D eigenvalue weighted by molar-refractivity contribution is 7.88. The molecule has 1 aliphatic rings. The summed E-state index contributed by atoms with van der Waals surface area (Å²) in [7, 11) is -1.92. The zero-order valence-corrected chi connectivity index (χ0v) is 14.0. The van der Waals surface area contributed by atoms with E-state index in [0.29, 0.717) is 6.54 Å². The smallest absolute Gasteiger partial charge is 0.238 e. The van der Waals surface area contributed by atoms with Crippen molar-refractivity contribution in [3.05, 3.63) is 24.2 Å². The third kappa shape index (κ3) is 4.58. The van der Waals surface area contributed by atoms with Crippen LogP contribution in [0.1, 0.15) is 37.7 Å². The molecule has 0 aromatic carbocycles. The van der Waals surface area contributed by atoms with E-state index in [-0.39, 0.29) is 18.5 Å². The number of furan rings is 1. The third-order valence-electron chi connectivity index (χ3n) is 4.19. The van der Waals surface area contributed by atoms with Crippen molar-refractivity contribution in [1.29, 1.82) is 0 Å². The van der Waals surface area contributed by atoms with E-state index in [2.05, 4.69) is 0 Å². The number of amides is 1. The average Bonchev–Trinajstić information content (AvgIpc) is 2.97. The van der Waals surface area contributed by atoms with E-state index in [4.69, 9.17) is 4.42 Å². The van der Waals surface area contributed by atoms with Crippen molar-refractivity contribution < 1.29 is 17.6 Å². The summed E-state index contributed by atoms with van der Waals surface area (Å²) in [5, 5.41) is 0. The van der Waals surface area contributed by atoms with Gasteiger partial charge in [-0.15, -0.1) is 0 Å². The van der Waals surface area contributed by atoms with E-state index in [0.717, 1.165) is 41.8 Å². The molecule has 0 unspecified atom stereocenters. The molecule has 0 spiro atoms. The van der Waals surface area contributed by atoms with Crippen LogP contribution in [0.2, 0.25) is 0 Å². The van der Waals surface area contributed by atoms with Crippen molar-refractivity contribution >= 4 is 15.9 Å². The molecule has 1 aliphatic carbocycles. The first-order valence-electron chi connectivity index (χ1n) is 7.60. The van der Waals surface area contributed by atoms with Crippen LogP contribution in [0, 0.1) is 0 Å². The minimum absolute atomic E-state index is 0.118. The van der Waals surface area contributed by atoms with Crippen LogP contribution in [0.5, 0.6) is 0 Å². The Morgan fingerprint density at radius 2 is 2.00 bits per heavy atom. The summed E-state index contributed by atoms with van der Waals surface area (Å²) in [6.45, 7) is 0.352. The van der Waals surface area contributed by atoms with E-state index >= 15 is 0 Å². The van der Waals surface area contributed by atoms with Gasteiger partial charge in [-0.2, -0.15) is 4.31 Å². The highest BCUT2D eigenvalue weighted by atomic mass is 32.2. The van der Waals surface area contributed by atoms with E-state index in [1.807, 2.05) is 11.0 Å². The number of carbonyl (C=O) groups is 1.